The normalized spacial score (nSPS) is 20.7. The van der Waals surface area contributed by atoms with Gasteiger partial charge < -0.3 is 4.74 Å². The maximum absolute atomic E-state index is 11.5. The summed E-state index contributed by atoms with van der Waals surface area (Å²) in [5.41, 5.74) is 0. The minimum atomic E-state index is -0.0730. The second-order valence-electron chi connectivity index (χ2n) is 4.89. The average molecular weight is 245 g/mol. The third kappa shape index (κ3) is 5.21. The second-order valence-corrected chi connectivity index (χ2v) is 6.69. The molecule has 0 radical (unpaired) electrons. The van der Waals surface area contributed by atoms with E-state index in [-0.39, 0.29) is 10.7 Å². The van der Waals surface area contributed by atoms with E-state index < -0.39 is 0 Å². The zero-order valence-corrected chi connectivity index (χ0v) is 11.4. The van der Waals surface area contributed by atoms with Crippen molar-refractivity contribution in [3.05, 3.63) is 0 Å². The van der Waals surface area contributed by atoms with Crippen molar-refractivity contribution in [1.82, 2.24) is 4.90 Å². The molecule has 1 aliphatic rings. The second kappa shape index (κ2) is 6.50. The predicted molar refractivity (Wildman–Crippen MR) is 68.8 cm³/mol. The first kappa shape index (κ1) is 13.8. The molecule has 0 amide bonds. The van der Waals surface area contributed by atoms with Crippen LogP contribution in [-0.2, 0) is 9.53 Å². The summed E-state index contributed by atoms with van der Waals surface area (Å²) in [6.45, 7) is 9.54. The van der Waals surface area contributed by atoms with Gasteiger partial charge in [0, 0.05) is 23.6 Å². The first-order valence-corrected chi connectivity index (χ1v) is 7.04. The molecule has 0 bridgehead atoms. The molecule has 0 spiro atoms. The van der Waals surface area contributed by atoms with Crippen LogP contribution < -0.4 is 0 Å². The van der Waals surface area contributed by atoms with Gasteiger partial charge in [0.1, 0.15) is 0 Å². The van der Waals surface area contributed by atoms with Crippen LogP contribution in [0.3, 0.4) is 0 Å². The number of rotatable bonds is 5. The molecule has 0 saturated carbocycles. The molecule has 0 aliphatic carbocycles. The van der Waals surface area contributed by atoms with Crippen molar-refractivity contribution in [3.63, 3.8) is 0 Å². The van der Waals surface area contributed by atoms with Gasteiger partial charge in [-0.2, -0.15) is 11.8 Å². The fraction of sp³-hybridized carbons (Fsp3) is 0.917. The Hall–Kier alpha value is -0.220. The van der Waals surface area contributed by atoms with Crippen molar-refractivity contribution in [2.45, 2.75) is 38.4 Å². The number of carbonyl (C=O) groups is 1. The van der Waals surface area contributed by atoms with Crippen LogP contribution in [0.25, 0.3) is 0 Å². The molecule has 0 aromatic rings. The number of hydrogen-bond donors (Lipinski definition) is 0. The molecule has 0 aromatic carbocycles. The molecule has 0 unspecified atom stereocenters. The number of nitrogens with zero attached hydrogens (tertiary/aromatic N) is 1. The molecular formula is C12H23NO2S. The Morgan fingerprint density at radius 3 is 2.88 bits per heavy atom. The first-order valence-electron chi connectivity index (χ1n) is 6.05. The van der Waals surface area contributed by atoms with Crippen LogP contribution in [0.1, 0.15) is 33.6 Å². The lowest BCUT2D eigenvalue weighted by Gasteiger charge is -2.36. The van der Waals surface area contributed by atoms with E-state index in [0.717, 1.165) is 31.7 Å². The fourth-order valence-electron chi connectivity index (χ4n) is 1.81. The SMILES string of the molecule is CCCCOC(=O)CN1CCSC(C)(C)C1. The van der Waals surface area contributed by atoms with Gasteiger partial charge in [0.05, 0.1) is 13.2 Å². The molecule has 1 saturated heterocycles. The number of thioether (sulfide) groups is 1. The van der Waals surface area contributed by atoms with Gasteiger partial charge in [0.15, 0.2) is 0 Å². The number of hydrogen-bond acceptors (Lipinski definition) is 4. The summed E-state index contributed by atoms with van der Waals surface area (Å²) >= 11 is 1.98. The van der Waals surface area contributed by atoms with Gasteiger partial charge in [-0.25, -0.2) is 0 Å². The molecule has 4 heteroatoms. The summed E-state index contributed by atoms with van der Waals surface area (Å²) < 4.78 is 5.43. The standard InChI is InChI=1S/C12H23NO2S/c1-4-5-7-15-11(14)9-13-6-8-16-12(2,3)10-13/h4-10H2,1-3H3. The number of ether oxygens (including phenoxy) is 1. The summed E-state index contributed by atoms with van der Waals surface area (Å²) in [6.07, 6.45) is 2.04. The Labute approximate surface area is 103 Å². The number of esters is 1. The molecule has 94 valence electrons. The number of unbranched alkanes of at least 4 members (excludes halogenated alkanes) is 1. The predicted octanol–water partition coefficient (Wildman–Crippen LogP) is 2.16. The molecule has 1 heterocycles. The zero-order valence-electron chi connectivity index (χ0n) is 10.6. The molecule has 0 aromatic heterocycles. The number of carbonyl (C=O) groups excluding carboxylic acids is 1. The van der Waals surface area contributed by atoms with Gasteiger partial charge in [-0.3, -0.25) is 9.69 Å². The highest BCUT2D eigenvalue weighted by Gasteiger charge is 2.28. The Morgan fingerprint density at radius 1 is 1.50 bits per heavy atom. The highest BCUT2D eigenvalue weighted by molar-refractivity contribution is 8.00. The van der Waals surface area contributed by atoms with E-state index in [4.69, 9.17) is 4.74 Å². The van der Waals surface area contributed by atoms with Crippen molar-refractivity contribution in [2.24, 2.45) is 0 Å². The van der Waals surface area contributed by atoms with Crippen LogP contribution in [0.4, 0.5) is 0 Å². The third-order valence-electron chi connectivity index (χ3n) is 2.62. The van der Waals surface area contributed by atoms with Crippen LogP contribution in [0.2, 0.25) is 0 Å². The van der Waals surface area contributed by atoms with Gasteiger partial charge in [0.2, 0.25) is 0 Å². The topological polar surface area (TPSA) is 29.5 Å². The van der Waals surface area contributed by atoms with Gasteiger partial charge in [-0.05, 0) is 20.3 Å². The van der Waals surface area contributed by atoms with Crippen LogP contribution in [0.5, 0.6) is 0 Å². The summed E-state index contributed by atoms with van der Waals surface area (Å²) in [5.74, 6) is 1.03. The van der Waals surface area contributed by atoms with Crippen molar-refractivity contribution in [1.29, 1.82) is 0 Å². The van der Waals surface area contributed by atoms with Gasteiger partial charge in [-0.1, -0.05) is 13.3 Å². The van der Waals surface area contributed by atoms with Crippen molar-refractivity contribution in [2.75, 3.05) is 32.0 Å². The molecule has 1 aliphatic heterocycles. The maximum atomic E-state index is 11.5. The minimum Gasteiger partial charge on any atom is -0.465 e. The molecule has 16 heavy (non-hydrogen) atoms. The molecule has 3 nitrogen and oxygen atoms in total. The van der Waals surface area contributed by atoms with E-state index >= 15 is 0 Å². The maximum Gasteiger partial charge on any atom is 0.320 e. The monoisotopic (exact) mass is 245 g/mol. The van der Waals surface area contributed by atoms with E-state index in [0.29, 0.717) is 13.2 Å². The van der Waals surface area contributed by atoms with E-state index in [1.807, 2.05) is 11.8 Å². The summed E-state index contributed by atoms with van der Waals surface area (Å²) in [4.78, 5) is 13.7. The van der Waals surface area contributed by atoms with Crippen LogP contribution in [0, 0.1) is 0 Å². The Balaban J connectivity index is 2.23. The Morgan fingerprint density at radius 2 is 2.25 bits per heavy atom. The molecule has 0 atom stereocenters. The van der Waals surface area contributed by atoms with E-state index in [9.17, 15) is 4.79 Å². The van der Waals surface area contributed by atoms with Crippen LogP contribution in [-0.4, -0.2) is 47.6 Å². The van der Waals surface area contributed by atoms with Gasteiger partial charge in [0.25, 0.3) is 0 Å². The summed E-state index contributed by atoms with van der Waals surface area (Å²) in [7, 11) is 0. The lowest BCUT2D eigenvalue weighted by atomic mass is 10.2. The van der Waals surface area contributed by atoms with Gasteiger partial charge >= 0.3 is 5.97 Å². The molecule has 1 fully saturated rings. The van der Waals surface area contributed by atoms with E-state index in [1.54, 1.807) is 0 Å². The van der Waals surface area contributed by atoms with E-state index in [1.165, 1.54) is 0 Å². The van der Waals surface area contributed by atoms with E-state index in [2.05, 4.69) is 25.7 Å². The smallest absolute Gasteiger partial charge is 0.320 e. The zero-order chi connectivity index (χ0) is 12.0. The van der Waals surface area contributed by atoms with Crippen LogP contribution in [0.15, 0.2) is 0 Å². The van der Waals surface area contributed by atoms with Crippen molar-refractivity contribution in [3.8, 4) is 0 Å². The Bertz CT molecular complexity index is 231. The molecular weight excluding hydrogens is 222 g/mol. The fourth-order valence-corrected chi connectivity index (χ4v) is 2.98. The first-order chi connectivity index (χ1) is 7.53. The summed E-state index contributed by atoms with van der Waals surface area (Å²) in [5, 5.41) is 0. The average Bonchev–Trinajstić information content (AvgIpc) is 2.16. The summed E-state index contributed by atoms with van der Waals surface area (Å²) in [6, 6.07) is 0. The van der Waals surface area contributed by atoms with Crippen molar-refractivity contribution < 1.29 is 9.53 Å². The lowest BCUT2D eigenvalue weighted by molar-refractivity contribution is -0.145. The third-order valence-corrected chi connectivity index (χ3v) is 3.92. The highest BCUT2D eigenvalue weighted by Crippen LogP contribution is 2.29. The lowest BCUT2D eigenvalue weighted by Crippen LogP contribution is -2.45. The quantitative estimate of drug-likeness (QED) is 0.548. The highest BCUT2D eigenvalue weighted by atomic mass is 32.2. The van der Waals surface area contributed by atoms with Crippen molar-refractivity contribution >= 4 is 17.7 Å². The Kier molecular flexibility index (Phi) is 5.62. The minimum absolute atomic E-state index is 0.0730. The molecule has 0 N–H and O–H groups in total. The van der Waals surface area contributed by atoms with Crippen LogP contribution >= 0.6 is 11.8 Å². The molecule has 1 rings (SSSR count). The largest absolute Gasteiger partial charge is 0.465 e. The van der Waals surface area contributed by atoms with Gasteiger partial charge in [-0.15, -0.1) is 0 Å².